The third-order valence-corrected chi connectivity index (χ3v) is 6.61. The molecular formula is C14H15BrClNO2S2. The van der Waals surface area contributed by atoms with Gasteiger partial charge in [0.2, 0.25) is 10.0 Å². The van der Waals surface area contributed by atoms with E-state index in [9.17, 15) is 8.42 Å². The molecule has 21 heavy (non-hydrogen) atoms. The first-order valence-electron chi connectivity index (χ1n) is 6.32. The second-order valence-corrected chi connectivity index (χ2v) is 8.89. The minimum Gasteiger partial charge on any atom is -0.207 e. The molecule has 0 aliphatic heterocycles. The highest BCUT2D eigenvalue weighted by atomic mass is 79.9. The predicted octanol–water partition coefficient (Wildman–Crippen LogP) is 4.84. The summed E-state index contributed by atoms with van der Waals surface area (Å²) in [5.41, 5.74) is 0. The highest BCUT2D eigenvalue weighted by Gasteiger charge is 2.25. The Labute approximate surface area is 142 Å². The molecule has 0 saturated carbocycles. The van der Waals surface area contributed by atoms with Crippen molar-refractivity contribution < 1.29 is 8.42 Å². The van der Waals surface area contributed by atoms with Crippen LogP contribution in [0.4, 0.5) is 0 Å². The van der Waals surface area contributed by atoms with Crippen molar-refractivity contribution in [1.82, 2.24) is 4.72 Å². The van der Waals surface area contributed by atoms with Gasteiger partial charge in [-0.3, -0.25) is 0 Å². The summed E-state index contributed by atoms with van der Waals surface area (Å²) in [5.74, 6) is 0.147. The van der Waals surface area contributed by atoms with Crippen LogP contribution < -0.4 is 4.72 Å². The van der Waals surface area contributed by atoms with E-state index in [1.165, 1.54) is 12.1 Å². The SMILES string of the molecule is CC(C)C(NS(=O)(=O)c1ccc(Cl)c(Br)c1)c1cccs1. The predicted molar refractivity (Wildman–Crippen MR) is 91.4 cm³/mol. The minimum atomic E-state index is -3.60. The van der Waals surface area contributed by atoms with E-state index in [4.69, 9.17) is 11.6 Å². The van der Waals surface area contributed by atoms with Crippen molar-refractivity contribution >= 4 is 48.9 Å². The molecule has 0 aliphatic carbocycles. The molecule has 1 aromatic heterocycles. The van der Waals surface area contributed by atoms with Gasteiger partial charge in [-0.05, 0) is 51.5 Å². The van der Waals surface area contributed by atoms with Crippen LogP contribution in [0.5, 0.6) is 0 Å². The summed E-state index contributed by atoms with van der Waals surface area (Å²) < 4.78 is 28.4. The highest BCUT2D eigenvalue weighted by Crippen LogP contribution is 2.29. The molecule has 2 rings (SSSR count). The van der Waals surface area contributed by atoms with Gasteiger partial charge in [0.25, 0.3) is 0 Å². The second-order valence-electron chi connectivity index (χ2n) is 4.93. The molecule has 0 aliphatic rings. The zero-order valence-corrected chi connectivity index (χ0v) is 15.5. The molecule has 0 bridgehead atoms. The Hall–Kier alpha value is -0.400. The summed E-state index contributed by atoms with van der Waals surface area (Å²) in [6.07, 6.45) is 0. The number of rotatable bonds is 5. The van der Waals surface area contributed by atoms with Crippen LogP contribution in [0.25, 0.3) is 0 Å². The molecule has 1 aromatic carbocycles. The van der Waals surface area contributed by atoms with Gasteiger partial charge in [0.05, 0.1) is 16.0 Å². The molecule has 0 spiro atoms. The summed E-state index contributed by atoms with van der Waals surface area (Å²) in [6, 6.07) is 8.19. The molecule has 2 aromatic rings. The third-order valence-electron chi connectivity index (χ3n) is 3.00. The van der Waals surface area contributed by atoms with Crippen LogP contribution in [-0.4, -0.2) is 8.42 Å². The van der Waals surface area contributed by atoms with E-state index in [0.29, 0.717) is 9.50 Å². The minimum absolute atomic E-state index is 0.147. The van der Waals surface area contributed by atoms with E-state index in [2.05, 4.69) is 20.7 Å². The van der Waals surface area contributed by atoms with Crippen LogP contribution in [0.1, 0.15) is 24.8 Å². The van der Waals surface area contributed by atoms with E-state index < -0.39 is 10.0 Å². The standard InChI is InChI=1S/C14H15BrClNO2S2/c1-9(2)14(13-4-3-7-20-13)17-21(18,19)10-5-6-12(16)11(15)8-10/h3-9,14,17H,1-2H3. The quantitative estimate of drug-likeness (QED) is 0.769. The van der Waals surface area contributed by atoms with Crippen molar-refractivity contribution in [2.45, 2.75) is 24.8 Å². The second kappa shape index (κ2) is 6.79. The normalized spacial score (nSPS) is 13.6. The fourth-order valence-corrected chi connectivity index (χ4v) is 4.93. The Morgan fingerprint density at radius 1 is 1.29 bits per heavy atom. The molecule has 1 unspecified atom stereocenters. The summed E-state index contributed by atoms with van der Waals surface area (Å²) in [5, 5.41) is 2.42. The Bertz CT molecular complexity index is 715. The number of hydrogen-bond donors (Lipinski definition) is 1. The lowest BCUT2D eigenvalue weighted by atomic mass is 10.0. The van der Waals surface area contributed by atoms with Crippen LogP contribution in [-0.2, 0) is 10.0 Å². The van der Waals surface area contributed by atoms with Crippen molar-refractivity contribution in [3.05, 3.63) is 50.1 Å². The van der Waals surface area contributed by atoms with E-state index in [1.807, 2.05) is 31.4 Å². The first-order chi connectivity index (χ1) is 9.81. The number of thiophene rings is 1. The van der Waals surface area contributed by atoms with Crippen LogP contribution >= 0.6 is 38.9 Å². The smallest absolute Gasteiger partial charge is 0.207 e. The summed E-state index contributed by atoms with van der Waals surface area (Å²) in [6.45, 7) is 3.98. The topological polar surface area (TPSA) is 46.2 Å². The van der Waals surface area contributed by atoms with Crippen LogP contribution in [0.15, 0.2) is 45.1 Å². The van der Waals surface area contributed by atoms with Gasteiger partial charge in [0.15, 0.2) is 0 Å². The van der Waals surface area contributed by atoms with Gasteiger partial charge in [-0.2, -0.15) is 0 Å². The Balaban J connectivity index is 2.32. The summed E-state index contributed by atoms with van der Waals surface area (Å²) >= 11 is 10.7. The first kappa shape index (κ1) is 17.0. The summed E-state index contributed by atoms with van der Waals surface area (Å²) in [7, 11) is -3.60. The maximum absolute atomic E-state index is 12.5. The van der Waals surface area contributed by atoms with E-state index >= 15 is 0 Å². The van der Waals surface area contributed by atoms with Crippen LogP contribution in [0.3, 0.4) is 0 Å². The van der Waals surface area contributed by atoms with Crippen molar-refractivity contribution in [3.63, 3.8) is 0 Å². The van der Waals surface area contributed by atoms with Gasteiger partial charge in [-0.1, -0.05) is 31.5 Å². The van der Waals surface area contributed by atoms with E-state index in [0.717, 1.165) is 4.88 Å². The number of benzene rings is 1. The maximum atomic E-state index is 12.5. The first-order valence-corrected chi connectivity index (χ1v) is 9.85. The Morgan fingerprint density at radius 3 is 2.52 bits per heavy atom. The molecule has 1 N–H and O–H groups in total. The fourth-order valence-electron chi connectivity index (χ4n) is 1.87. The average Bonchev–Trinajstić information content (AvgIpc) is 2.92. The number of hydrogen-bond acceptors (Lipinski definition) is 3. The van der Waals surface area contributed by atoms with Gasteiger partial charge < -0.3 is 0 Å². The van der Waals surface area contributed by atoms with Crippen molar-refractivity contribution in [2.24, 2.45) is 5.92 Å². The molecule has 1 atom stereocenters. The van der Waals surface area contributed by atoms with Crippen LogP contribution in [0.2, 0.25) is 5.02 Å². The molecule has 0 amide bonds. The Morgan fingerprint density at radius 2 is 2.00 bits per heavy atom. The van der Waals surface area contributed by atoms with Crippen molar-refractivity contribution in [1.29, 1.82) is 0 Å². The van der Waals surface area contributed by atoms with Gasteiger partial charge >= 0.3 is 0 Å². The van der Waals surface area contributed by atoms with E-state index in [1.54, 1.807) is 17.4 Å². The molecule has 0 radical (unpaired) electrons. The van der Waals surface area contributed by atoms with Gasteiger partial charge in [0.1, 0.15) is 0 Å². The average molecular weight is 409 g/mol. The third kappa shape index (κ3) is 4.07. The number of sulfonamides is 1. The largest absolute Gasteiger partial charge is 0.241 e. The molecule has 7 heteroatoms. The Kier molecular flexibility index (Phi) is 5.48. The molecule has 0 fully saturated rings. The number of halogens is 2. The lowest BCUT2D eigenvalue weighted by molar-refractivity contribution is 0.469. The number of nitrogens with one attached hydrogen (secondary N) is 1. The van der Waals surface area contributed by atoms with Gasteiger partial charge in [-0.25, -0.2) is 13.1 Å². The molecule has 1 heterocycles. The van der Waals surface area contributed by atoms with E-state index in [-0.39, 0.29) is 16.9 Å². The molecule has 3 nitrogen and oxygen atoms in total. The summed E-state index contributed by atoms with van der Waals surface area (Å²) in [4.78, 5) is 1.20. The molecule has 0 saturated heterocycles. The molecular weight excluding hydrogens is 394 g/mol. The fraction of sp³-hybridized carbons (Fsp3) is 0.286. The van der Waals surface area contributed by atoms with Crippen molar-refractivity contribution in [3.8, 4) is 0 Å². The van der Waals surface area contributed by atoms with Crippen LogP contribution in [0, 0.1) is 5.92 Å². The highest BCUT2D eigenvalue weighted by molar-refractivity contribution is 9.10. The van der Waals surface area contributed by atoms with Crippen molar-refractivity contribution in [2.75, 3.05) is 0 Å². The zero-order valence-electron chi connectivity index (χ0n) is 11.5. The van der Waals surface area contributed by atoms with Gasteiger partial charge in [0, 0.05) is 9.35 Å². The zero-order chi connectivity index (χ0) is 15.6. The lowest BCUT2D eigenvalue weighted by Gasteiger charge is -2.21. The molecule has 114 valence electrons. The van der Waals surface area contributed by atoms with Gasteiger partial charge in [-0.15, -0.1) is 11.3 Å². The maximum Gasteiger partial charge on any atom is 0.241 e. The monoisotopic (exact) mass is 407 g/mol. The lowest BCUT2D eigenvalue weighted by Crippen LogP contribution is -2.31.